The Kier molecular flexibility index (Phi) is 2.37. The van der Waals surface area contributed by atoms with Gasteiger partial charge in [0.25, 0.3) is 0 Å². The summed E-state index contributed by atoms with van der Waals surface area (Å²) >= 11 is 0. The van der Waals surface area contributed by atoms with E-state index in [0.717, 1.165) is 0 Å². The number of carbonyl (C=O) groups is 1. The smallest absolute Gasteiger partial charge is 0.339 e. The van der Waals surface area contributed by atoms with Gasteiger partial charge in [-0.1, -0.05) is 24.3 Å². The van der Waals surface area contributed by atoms with Gasteiger partial charge in [-0.2, -0.15) is 0 Å². The van der Waals surface area contributed by atoms with E-state index in [1.807, 2.05) is 0 Å². The minimum absolute atomic E-state index is 0.104. The predicted molar refractivity (Wildman–Crippen MR) is 60.1 cm³/mol. The van der Waals surface area contributed by atoms with E-state index < -0.39 is 23.7 Å². The lowest BCUT2D eigenvalue weighted by atomic mass is 9.98. The third kappa shape index (κ3) is 1.49. The van der Waals surface area contributed by atoms with Crippen molar-refractivity contribution in [3.8, 4) is 0 Å². The van der Waals surface area contributed by atoms with Crippen molar-refractivity contribution in [3.05, 3.63) is 70.8 Å². The van der Waals surface area contributed by atoms with Crippen molar-refractivity contribution in [1.29, 1.82) is 0 Å². The van der Waals surface area contributed by atoms with E-state index >= 15 is 0 Å². The van der Waals surface area contributed by atoms with Crippen LogP contribution < -0.4 is 0 Å². The lowest BCUT2D eigenvalue weighted by Crippen LogP contribution is -2.04. The SMILES string of the molecule is O=C1OC(c2ccccc2F)c2c(F)cccc21. The first-order valence-corrected chi connectivity index (χ1v) is 5.42. The molecule has 1 atom stereocenters. The van der Waals surface area contributed by atoms with Crippen molar-refractivity contribution >= 4 is 5.97 Å². The largest absolute Gasteiger partial charge is 0.449 e. The molecule has 4 heteroatoms. The molecule has 0 saturated carbocycles. The van der Waals surface area contributed by atoms with Gasteiger partial charge in [0.2, 0.25) is 0 Å². The Hall–Kier alpha value is -2.23. The zero-order valence-corrected chi connectivity index (χ0v) is 9.19. The van der Waals surface area contributed by atoms with E-state index in [1.54, 1.807) is 6.07 Å². The number of fused-ring (bicyclic) bond motifs is 1. The van der Waals surface area contributed by atoms with Gasteiger partial charge in [0.05, 0.1) is 5.56 Å². The lowest BCUT2D eigenvalue weighted by Gasteiger charge is -2.12. The standard InChI is InChI=1S/C14H8F2O2/c15-10-6-2-1-4-8(10)13-12-9(14(17)18-13)5-3-7-11(12)16/h1-7,13H. The molecule has 0 bridgehead atoms. The van der Waals surface area contributed by atoms with Gasteiger partial charge >= 0.3 is 5.97 Å². The first-order chi connectivity index (χ1) is 8.68. The van der Waals surface area contributed by atoms with Crippen molar-refractivity contribution in [2.45, 2.75) is 6.10 Å². The highest BCUT2D eigenvalue weighted by atomic mass is 19.1. The van der Waals surface area contributed by atoms with Crippen LogP contribution in [-0.4, -0.2) is 5.97 Å². The molecule has 18 heavy (non-hydrogen) atoms. The van der Waals surface area contributed by atoms with Gasteiger partial charge < -0.3 is 4.74 Å². The van der Waals surface area contributed by atoms with Crippen LogP contribution in [0.25, 0.3) is 0 Å². The molecule has 1 heterocycles. The number of cyclic esters (lactones) is 1. The number of halogens is 2. The zero-order chi connectivity index (χ0) is 12.7. The Balaban J connectivity index is 2.19. The fourth-order valence-corrected chi connectivity index (χ4v) is 2.12. The predicted octanol–water partition coefficient (Wildman–Crippen LogP) is 3.22. The van der Waals surface area contributed by atoms with Crippen LogP contribution in [0, 0.1) is 11.6 Å². The minimum atomic E-state index is -1.00. The first-order valence-electron chi connectivity index (χ1n) is 5.42. The van der Waals surface area contributed by atoms with E-state index in [9.17, 15) is 13.6 Å². The molecule has 0 saturated heterocycles. The molecule has 0 radical (unpaired) electrons. The fraction of sp³-hybridized carbons (Fsp3) is 0.0714. The molecule has 1 aliphatic rings. The summed E-state index contributed by atoms with van der Waals surface area (Å²) in [4.78, 5) is 11.6. The van der Waals surface area contributed by atoms with Crippen LogP contribution in [-0.2, 0) is 4.74 Å². The van der Waals surface area contributed by atoms with Crippen LogP contribution in [0.4, 0.5) is 8.78 Å². The topological polar surface area (TPSA) is 26.3 Å². The van der Waals surface area contributed by atoms with Gasteiger partial charge in [0, 0.05) is 11.1 Å². The van der Waals surface area contributed by atoms with Crippen LogP contribution in [0.1, 0.15) is 27.6 Å². The van der Waals surface area contributed by atoms with Crippen molar-refractivity contribution in [3.63, 3.8) is 0 Å². The molecular weight excluding hydrogens is 238 g/mol. The lowest BCUT2D eigenvalue weighted by molar-refractivity contribution is 0.0448. The van der Waals surface area contributed by atoms with Gasteiger partial charge in [0.1, 0.15) is 11.6 Å². The highest BCUT2D eigenvalue weighted by Crippen LogP contribution is 2.38. The summed E-state index contributed by atoms with van der Waals surface area (Å²) in [5.74, 6) is -1.71. The number of ether oxygens (including phenoxy) is 1. The van der Waals surface area contributed by atoms with Crippen LogP contribution >= 0.6 is 0 Å². The van der Waals surface area contributed by atoms with Crippen molar-refractivity contribution in [2.24, 2.45) is 0 Å². The van der Waals surface area contributed by atoms with Gasteiger partial charge in [-0.3, -0.25) is 0 Å². The molecule has 2 aromatic carbocycles. The second-order valence-electron chi connectivity index (χ2n) is 4.01. The van der Waals surface area contributed by atoms with Crippen molar-refractivity contribution in [1.82, 2.24) is 0 Å². The maximum absolute atomic E-state index is 13.8. The molecule has 2 nitrogen and oxygen atoms in total. The van der Waals surface area contributed by atoms with Crippen LogP contribution in [0.3, 0.4) is 0 Å². The van der Waals surface area contributed by atoms with E-state index in [1.165, 1.54) is 36.4 Å². The average Bonchev–Trinajstić information content (AvgIpc) is 2.69. The third-order valence-electron chi connectivity index (χ3n) is 2.95. The number of hydrogen-bond acceptors (Lipinski definition) is 2. The summed E-state index contributed by atoms with van der Waals surface area (Å²) in [6.07, 6.45) is -1.00. The Morgan fingerprint density at radius 3 is 2.44 bits per heavy atom. The summed E-state index contributed by atoms with van der Waals surface area (Å²) in [5, 5.41) is 0. The zero-order valence-electron chi connectivity index (χ0n) is 9.19. The number of benzene rings is 2. The molecule has 0 aliphatic carbocycles. The maximum Gasteiger partial charge on any atom is 0.339 e. The second kappa shape index (κ2) is 3.91. The third-order valence-corrected chi connectivity index (χ3v) is 2.95. The highest BCUT2D eigenvalue weighted by Gasteiger charge is 2.36. The summed E-state index contributed by atoms with van der Waals surface area (Å²) in [5.41, 5.74) is 0.422. The van der Waals surface area contributed by atoms with Gasteiger partial charge in [-0.05, 0) is 18.2 Å². The fourth-order valence-electron chi connectivity index (χ4n) is 2.12. The average molecular weight is 246 g/mol. The Morgan fingerprint density at radius 2 is 1.67 bits per heavy atom. The molecule has 1 unspecified atom stereocenters. The molecule has 0 N–H and O–H groups in total. The molecular formula is C14H8F2O2. The van der Waals surface area contributed by atoms with Crippen molar-refractivity contribution < 1.29 is 18.3 Å². The van der Waals surface area contributed by atoms with Crippen molar-refractivity contribution in [2.75, 3.05) is 0 Å². The Bertz CT molecular complexity index is 637. The molecule has 90 valence electrons. The summed E-state index contributed by atoms with van der Waals surface area (Å²) in [6, 6.07) is 10.0. The van der Waals surface area contributed by atoms with Crippen LogP contribution in [0.15, 0.2) is 42.5 Å². The summed E-state index contributed by atoms with van der Waals surface area (Å²) < 4.78 is 32.5. The van der Waals surface area contributed by atoms with Crippen LogP contribution in [0.2, 0.25) is 0 Å². The normalized spacial score (nSPS) is 17.4. The molecule has 0 aromatic heterocycles. The minimum Gasteiger partial charge on any atom is -0.449 e. The number of rotatable bonds is 1. The van der Waals surface area contributed by atoms with E-state index in [4.69, 9.17) is 4.74 Å². The molecule has 0 fully saturated rings. The maximum atomic E-state index is 13.8. The van der Waals surface area contributed by atoms with E-state index in [0.29, 0.717) is 0 Å². The molecule has 2 aromatic rings. The highest BCUT2D eigenvalue weighted by molar-refractivity contribution is 5.94. The Labute approximate surface area is 102 Å². The Morgan fingerprint density at radius 1 is 0.944 bits per heavy atom. The van der Waals surface area contributed by atoms with Gasteiger partial charge in [0.15, 0.2) is 6.10 Å². The quantitative estimate of drug-likeness (QED) is 0.722. The first kappa shape index (κ1) is 10.9. The molecule has 1 aliphatic heterocycles. The number of carbonyl (C=O) groups excluding carboxylic acids is 1. The summed E-state index contributed by atoms with van der Waals surface area (Å²) in [6.45, 7) is 0. The van der Waals surface area contributed by atoms with E-state index in [-0.39, 0.29) is 16.7 Å². The monoisotopic (exact) mass is 246 g/mol. The van der Waals surface area contributed by atoms with Gasteiger partial charge in [-0.15, -0.1) is 0 Å². The molecule has 3 rings (SSSR count). The van der Waals surface area contributed by atoms with Gasteiger partial charge in [-0.25, -0.2) is 13.6 Å². The van der Waals surface area contributed by atoms with E-state index in [2.05, 4.69) is 0 Å². The number of hydrogen-bond donors (Lipinski definition) is 0. The molecule has 0 amide bonds. The number of esters is 1. The second-order valence-corrected chi connectivity index (χ2v) is 4.01. The van der Waals surface area contributed by atoms with Crippen LogP contribution in [0.5, 0.6) is 0 Å². The summed E-state index contributed by atoms with van der Waals surface area (Å²) in [7, 11) is 0. The molecule has 0 spiro atoms.